The molecular weight excluding hydrogens is 402 g/mol. The number of nitrogens with zero attached hydrogens (tertiary/aromatic N) is 3. The average molecular weight is 421 g/mol. The van der Waals surface area contributed by atoms with E-state index in [2.05, 4.69) is 20.7 Å². The van der Waals surface area contributed by atoms with Crippen molar-refractivity contribution in [1.29, 1.82) is 0 Å². The van der Waals surface area contributed by atoms with E-state index >= 15 is 0 Å². The number of benzene rings is 2. The second-order valence-corrected chi connectivity index (χ2v) is 7.31. The molecule has 4 rings (SSSR count). The van der Waals surface area contributed by atoms with Crippen molar-refractivity contribution < 1.29 is 14.3 Å². The fourth-order valence-corrected chi connectivity index (χ4v) is 3.66. The fraction of sp³-hybridized carbons (Fsp3) is 0.143. The molecule has 0 radical (unpaired) electrons. The Morgan fingerprint density at radius 3 is 2.57 bits per heavy atom. The summed E-state index contributed by atoms with van der Waals surface area (Å²) in [6.45, 7) is 1.74. The van der Waals surface area contributed by atoms with Gasteiger partial charge in [0.25, 0.3) is 0 Å². The average Bonchev–Trinajstić information content (AvgIpc) is 3.29. The van der Waals surface area contributed by atoms with Crippen LogP contribution in [0.1, 0.15) is 13.3 Å². The van der Waals surface area contributed by atoms with Crippen LogP contribution >= 0.6 is 11.3 Å². The van der Waals surface area contributed by atoms with Crippen LogP contribution in [-0.2, 0) is 9.59 Å². The maximum absolute atomic E-state index is 12.2. The van der Waals surface area contributed by atoms with Gasteiger partial charge in [0.2, 0.25) is 22.7 Å². The monoisotopic (exact) mass is 421 g/mol. The second kappa shape index (κ2) is 8.75. The van der Waals surface area contributed by atoms with Gasteiger partial charge in [-0.15, -0.1) is 16.4 Å². The normalized spacial score (nSPS) is 10.7. The Morgan fingerprint density at radius 2 is 1.83 bits per heavy atom. The topological polar surface area (TPSA) is 97.6 Å². The Hall–Kier alpha value is -3.72. The van der Waals surface area contributed by atoms with E-state index in [9.17, 15) is 9.59 Å². The zero-order valence-corrected chi connectivity index (χ0v) is 17.0. The van der Waals surface area contributed by atoms with Crippen molar-refractivity contribution in [1.82, 2.24) is 14.6 Å². The molecule has 2 N–H and O–H groups in total. The second-order valence-electron chi connectivity index (χ2n) is 6.47. The summed E-state index contributed by atoms with van der Waals surface area (Å²) in [6.07, 6.45) is 0.194. The van der Waals surface area contributed by atoms with E-state index in [1.165, 1.54) is 18.3 Å². The molecular formula is C21H19N5O3S. The third kappa shape index (κ3) is 4.64. The molecule has 9 heteroatoms. The van der Waals surface area contributed by atoms with Gasteiger partial charge in [-0.1, -0.05) is 30.3 Å². The molecule has 0 fully saturated rings. The van der Waals surface area contributed by atoms with E-state index in [1.807, 2.05) is 60.0 Å². The minimum atomic E-state index is -0.217. The lowest BCUT2D eigenvalue weighted by molar-refractivity contribution is -0.117. The van der Waals surface area contributed by atoms with E-state index < -0.39 is 0 Å². The summed E-state index contributed by atoms with van der Waals surface area (Å²) < 4.78 is 7.23. The smallest absolute Gasteiger partial charge is 0.250 e. The highest BCUT2D eigenvalue weighted by atomic mass is 32.1. The third-order valence-corrected chi connectivity index (χ3v) is 4.99. The van der Waals surface area contributed by atoms with Crippen molar-refractivity contribution in [2.75, 3.05) is 17.2 Å². The molecule has 0 aliphatic carbocycles. The number of ether oxygens (including phenoxy) is 1. The van der Waals surface area contributed by atoms with Gasteiger partial charge >= 0.3 is 0 Å². The molecule has 0 atom stereocenters. The zero-order chi connectivity index (χ0) is 20.9. The van der Waals surface area contributed by atoms with Crippen molar-refractivity contribution in [2.24, 2.45) is 0 Å². The Morgan fingerprint density at radius 1 is 1.07 bits per heavy atom. The first-order chi connectivity index (χ1) is 14.6. The number of para-hydroxylation sites is 1. The lowest BCUT2D eigenvalue weighted by Crippen LogP contribution is -2.16. The predicted octanol–water partition coefficient (Wildman–Crippen LogP) is 3.82. The van der Waals surface area contributed by atoms with Gasteiger partial charge in [-0.2, -0.15) is 4.98 Å². The summed E-state index contributed by atoms with van der Waals surface area (Å²) in [5.74, 6) is 0.639. The highest BCUT2D eigenvalue weighted by Gasteiger charge is 2.13. The SMILES string of the molecule is CC(=O)Nc1ccc(-c2csc3nc(NC(=O)CCOc4ccccc4)nn23)cc1. The van der Waals surface area contributed by atoms with E-state index in [4.69, 9.17) is 4.74 Å². The van der Waals surface area contributed by atoms with Crippen LogP contribution in [0.15, 0.2) is 60.0 Å². The molecule has 0 saturated carbocycles. The molecule has 152 valence electrons. The van der Waals surface area contributed by atoms with E-state index in [0.717, 1.165) is 22.7 Å². The molecule has 30 heavy (non-hydrogen) atoms. The minimum Gasteiger partial charge on any atom is -0.493 e. The number of amides is 2. The largest absolute Gasteiger partial charge is 0.493 e. The Kier molecular flexibility index (Phi) is 5.71. The van der Waals surface area contributed by atoms with Crippen LogP contribution in [0, 0.1) is 0 Å². The minimum absolute atomic E-state index is 0.119. The molecule has 8 nitrogen and oxygen atoms in total. The first-order valence-corrected chi connectivity index (χ1v) is 10.2. The molecule has 0 bridgehead atoms. The van der Waals surface area contributed by atoms with Crippen LogP contribution in [0.2, 0.25) is 0 Å². The lowest BCUT2D eigenvalue weighted by atomic mass is 10.1. The van der Waals surface area contributed by atoms with E-state index in [1.54, 1.807) is 4.52 Å². The molecule has 2 aromatic carbocycles. The van der Waals surface area contributed by atoms with Crippen LogP contribution in [0.5, 0.6) is 5.75 Å². The fourth-order valence-electron chi connectivity index (χ4n) is 2.83. The van der Waals surface area contributed by atoms with Crippen molar-refractivity contribution in [3.05, 3.63) is 60.0 Å². The number of carbonyl (C=O) groups excluding carboxylic acids is 2. The molecule has 2 aromatic heterocycles. The van der Waals surface area contributed by atoms with E-state index in [0.29, 0.717) is 4.96 Å². The molecule has 2 amide bonds. The van der Waals surface area contributed by atoms with Gasteiger partial charge in [0.15, 0.2) is 0 Å². The zero-order valence-electron chi connectivity index (χ0n) is 16.2. The standard InChI is InChI=1S/C21H19N5O3S/c1-14(27)22-16-9-7-15(8-10-16)18-13-30-21-24-20(25-26(18)21)23-19(28)11-12-29-17-5-3-2-4-6-17/h2-10,13H,11-12H2,1H3,(H,22,27)(H,23,25,28). The van der Waals surface area contributed by atoms with Gasteiger partial charge in [0.05, 0.1) is 18.7 Å². The number of fused-ring (bicyclic) bond motifs is 1. The number of thiazole rings is 1. The van der Waals surface area contributed by atoms with Crippen molar-refractivity contribution in [3.63, 3.8) is 0 Å². The summed E-state index contributed by atoms with van der Waals surface area (Å²) in [4.78, 5) is 28.4. The van der Waals surface area contributed by atoms with Crippen LogP contribution in [-0.4, -0.2) is 33.0 Å². The van der Waals surface area contributed by atoms with Gasteiger partial charge in [0, 0.05) is 23.6 Å². The molecule has 2 heterocycles. The van der Waals surface area contributed by atoms with Gasteiger partial charge in [-0.3, -0.25) is 14.9 Å². The Balaban J connectivity index is 1.40. The summed E-state index contributed by atoms with van der Waals surface area (Å²) in [6, 6.07) is 16.8. The van der Waals surface area contributed by atoms with Gasteiger partial charge in [-0.05, 0) is 24.3 Å². The van der Waals surface area contributed by atoms with E-state index in [-0.39, 0.29) is 30.8 Å². The maximum atomic E-state index is 12.2. The van der Waals surface area contributed by atoms with Crippen LogP contribution in [0.3, 0.4) is 0 Å². The predicted molar refractivity (Wildman–Crippen MR) is 116 cm³/mol. The van der Waals surface area contributed by atoms with Crippen LogP contribution in [0.4, 0.5) is 11.6 Å². The van der Waals surface area contributed by atoms with Crippen LogP contribution in [0.25, 0.3) is 16.2 Å². The number of anilines is 2. The summed E-state index contributed by atoms with van der Waals surface area (Å²) in [7, 11) is 0. The Labute approximate surface area is 176 Å². The van der Waals surface area contributed by atoms with Gasteiger partial charge < -0.3 is 10.1 Å². The molecule has 0 spiro atoms. The summed E-state index contributed by atoms with van der Waals surface area (Å²) in [5, 5.41) is 11.8. The highest BCUT2D eigenvalue weighted by molar-refractivity contribution is 7.15. The number of aromatic nitrogens is 3. The third-order valence-electron chi connectivity index (χ3n) is 4.17. The summed E-state index contributed by atoms with van der Waals surface area (Å²) in [5.41, 5.74) is 2.50. The first-order valence-electron chi connectivity index (χ1n) is 9.28. The quantitative estimate of drug-likeness (QED) is 0.473. The Bertz CT molecular complexity index is 1170. The number of carbonyl (C=O) groups is 2. The van der Waals surface area contributed by atoms with Gasteiger partial charge in [0.1, 0.15) is 5.75 Å². The molecule has 0 saturated heterocycles. The van der Waals surface area contributed by atoms with Crippen molar-refractivity contribution >= 4 is 39.7 Å². The van der Waals surface area contributed by atoms with Crippen molar-refractivity contribution in [2.45, 2.75) is 13.3 Å². The molecule has 0 aliphatic heterocycles. The summed E-state index contributed by atoms with van der Waals surface area (Å²) >= 11 is 1.43. The maximum Gasteiger partial charge on any atom is 0.250 e. The number of nitrogens with one attached hydrogen (secondary N) is 2. The lowest BCUT2D eigenvalue weighted by Gasteiger charge is -2.05. The molecule has 0 unspecified atom stereocenters. The number of rotatable bonds is 7. The van der Waals surface area contributed by atoms with Gasteiger partial charge in [-0.25, -0.2) is 4.52 Å². The van der Waals surface area contributed by atoms with Crippen molar-refractivity contribution in [3.8, 4) is 17.0 Å². The highest BCUT2D eigenvalue weighted by Crippen LogP contribution is 2.27. The molecule has 0 aliphatic rings. The number of hydrogen-bond acceptors (Lipinski definition) is 6. The van der Waals surface area contributed by atoms with Crippen LogP contribution < -0.4 is 15.4 Å². The first kappa shape index (κ1) is 19.6. The molecule has 4 aromatic rings. The number of hydrogen-bond donors (Lipinski definition) is 2.